The lowest BCUT2D eigenvalue weighted by Crippen LogP contribution is -2.24. The lowest BCUT2D eigenvalue weighted by Gasteiger charge is -2.24. The number of ether oxygens (including phenoxy) is 2. The molecule has 1 saturated carbocycles. The fraction of sp³-hybridized carbons (Fsp3) is 0.462. The summed E-state index contributed by atoms with van der Waals surface area (Å²) in [7, 11) is 0. The largest absolute Gasteiger partial charge is 0.478 e. The molecule has 0 aliphatic heterocycles. The third-order valence-corrected chi connectivity index (χ3v) is 2.15. The molecule has 19 heavy (non-hydrogen) atoms. The van der Waals surface area contributed by atoms with Crippen molar-refractivity contribution in [3.05, 3.63) is 24.8 Å². The Kier molecular flexibility index (Phi) is 8.78. The van der Waals surface area contributed by atoms with Gasteiger partial charge in [-0.3, -0.25) is 0 Å². The van der Waals surface area contributed by atoms with Crippen molar-refractivity contribution in [3.8, 4) is 0 Å². The molecule has 106 valence electrons. The molecule has 1 aliphatic carbocycles. The fourth-order valence-corrected chi connectivity index (χ4v) is 1.03. The van der Waals surface area contributed by atoms with E-state index in [0.29, 0.717) is 6.61 Å². The third kappa shape index (κ3) is 9.58. The van der Waals surface area contributed by atoms with Crippen molar-refractivity contribution in [2.24, 2.45) is 0 Å². The zero-order valence-electron chi connectivity index (χ0n) is 10.8. The molecule has 1 aliphatic rings. The standard InChI is InChI=1S/C8H10O4.C5H8O2/c9-7(10)4-5-8(11)12-6-2-1-3-6;1-3-5(6)7-4-2/h4-6H,1-3H2,(H,9,10);3H,1,4H2,2H3/b5-4-;. The number of aliphatic carboxylic acids is 1. The number of rotatable bonds is 5. The van der Waals surface area contributed by atoms with Crippen LogP contribution in [0.5, 0.6) is 0 Å². The first-order valence-electron chi connectivity index (χ1n) is 5.90. The van der Waals surface area contributed by atoms with Gasteiger partial charge in [0.25, 0.3) is 0 Å². The van der Waals surface area contributed by atoms with Gasteiger partial charge in [-0.15, -0.1) is 0 Å². The van der Waals surface area contributed by atoms with Crippen LogP contribution in [-0.4, -0.2) is 35.7 Å². The molecule has 0 saturated heterocycles. The van der Waals surface area contributed by atoms with E-state index in [1.54, 1.807) is 6.92 Å². The summed E-state index contributed by atoms with van der Waals surface area (Å²) >= 11 is 0. The van der Waals surface area contributed by atoms with E-state index in [-0.39, 0.29) is 12.1 Å². The van der Waals surface area contributed by atoms with Gasteiger partial charge in [0.1, 0.15) is 6.10 Å². The lowest BCUT2D eigenvalue weighted by atomic mass is 9.96. The van der Waals surface area contributed by atoms with Crippen molar-refractivity contribution in [2.45, 2.75) is 32.3 Å². The minimum Gasteiger partial charge on any atom is -0.478 e. The topological polar surface area (TPSA) is 89.9 Å². The molecule has 0 spiro atoms. The van der Waals surface area contributed by atoms with Crippen molar-refractivity contribution in [1.82, 2.24) is 0 Å². The number of carbonyl (C=O) groups is 3. The SMILES string of the molecule is C=CC(=O)OCC.O=C(O)/C=C\C(=O)OC1CCC1. The summed E-state index contributed by atoms with van der Waals surface area (Å²) in [6.45, 7) is 5.38. The highest BCUT2D eigenvalue weighted by molar-refractivity contribution is 5.90. The number of hydrogen-bond acceptors (Lipinski definition) is 5. The summed E-state index contributed by atoms with van der Waals surface area (Å²) in [5.74, 6) is -2.06. The van der Waals surface area contributed by atoms with Gasteiger partial charge in [0.05, 0.1) is 6.61 Å². The molecule has 6 heteroatoms. The molecule has 0 aromatic carbocycles. The van der Waals surface area contributed by atoms with Crippen LogP contribution in [0.3, 0.4) is 0 Å². The average molecular weight is 270 g/mol. The van der Waals surface area contributed by atoms with Crippen molar-refractivity contribution < 1.29 is 29.0 Å². The third-order valence-electron chi connectivity index (χ3n) is 2.15. The van der Waals surface area contributed by atoms with E-state index in [2.05, 4.69) is 11.3 Å². The Bertz CT molecular complexity index is 354. The van der Waals surface area contributed by atoms with Gasteiger partial charge in [-0.05, 0) is 26.2 Å². The van der Waals surface area contributed by atoms with Gasteiger partial charge < -0.3 is 14.6 Å². The predicted octanol–water partition coefficient (Wildman–Crippen LogP) is 1.46. The van der Waals surface area contributed by atoms with Crippen LogP contribution >= 0.6 is 0 Å². The second-order valence-electron chi connectivity index (χ2n) is 3.62. The van der Waals surface area contributed by atoms with Gasteiger partial charge in [-0.2, -0.15) is 0 Å². The Labute approximate surface area is 111 Å². The molecule has 0 heterocycles. The number of carboxylic acid groups (broad SMARTS) is 1. The second kappa shape index (κ2) is 9.87. The smallest absolute Gasteiger partial charge is 0.331 e. The summed E-state index contributed by atoms with van der Waals surface area (Å²) in [6.07, 6.45) is 5.74. The molecule has 0 bridgehead atoms. The molecular weight excluding hydrogens is 252 g/mol. The summed E-state index contributed by atoms with van der Waals surface area (Å²) < 4.78 is 9.28. The predicted molar refractivity (Wildman–Crippen MR) is 67.3 cm³/mol. The monoisotopic (exact) mass is 270 g/mol. The highest BCUT2D eigenvalue weighted by Crippen LogP contribution is 2.21. The number of esters is 2. The molecule has 0 aromatic heterocycles. The summed E-state index contributed by atoms with van der Waals surface area (Å²) in [4.78, 5) is 30.8. The molecular formula is C13H18O6. The van der Waals surface area contributed by atoms with Crippen molar-refractivity contribution >= 4 is 17.9 Å². The maximum absolute atomic E-state index is 10.8. The van der Waals surface area contributed by atoms with Gasteiger partial charge >= 0.3 is 17.9 Å². The van der Waals surface area contributed by atoms with Crippen LogP contribution in [0, 0.1) is 0 Å². The van der Waals surface area contributed by atoms with Gasteiger partial charge in [-0.25, -0.2) is 14.4 Å². The summed E-state index contributed by atoms with van der Waals surface area (Å²) in [6, 6.07) is 0. The average Bonchev–Trinajstić information content (AvgIpc) is 2.32. The van der Waals surface area contributed by atoms with Crippen LogP contribution in [0.2, 0.25) is 0 Å². The molecule has 1 rings (SSSR count). The van der Waals surface area contributed by atoms with Crippen molar-refractivity contribution in [3.63, 3.8) is 0 Å². The van der Waals surface area contributed by atoms with Crippen LogP contribution in [0.25, 0.3) is 0 Å². The fourth-order valence-electron chi connectivity index (χ4n) is 1.03. The van der Waals surface area contributed by atoms with Gasteiger partial charge in [0.15, 0.2) is 0 Å². The van der Waals surface area contributed by atoms with E-state index in [4.69, 9.17) is 9.84 Å². The normalized spacial score (nSPS) is 13.7. The highest BCUT2D eigenvalue weighted by Gasteiger charge is 2.20. The summed E-state index contributed by atoms with van der Waals surface area (Å²) in [5, 5.41) is 8.17. The first-order valence-corrected chi connectivity index (χ1v) is 5.90. The summed E-state index contributed by atoms with van der Waals surface area (Å²) in [5.41, 5.74) is 0. The van der Waals surface area contributed by atoms with E-state index < -0.39 is 11.9 Å². The van der Waals surface area contributed by atoms with E-state index >= 15 is 0 Å². The Balaban J connectivity index is 0.000000399. The minimum atomic E-state index is -1.14. The molecule has 0 amide bonds. The van der Waals surface area contributed by atoms with E-state index in [1.165, 1.54) is 0 Å². The van der Waals surface area contributed by atoms with E-state index in [9.17, 15) is 14.4 Å². The van der Waals surface area contributed by atoms with Crippen LogP contribution in [0.15, 0.2) is 24.8 Å². The Morgan fingerprint density at radius 1 is 1.26 bits per heavy atom. The van der Waals surface area contributed by atoms with Crippen LogP contribution in [0.1, 0.15) is 26.2 Å². The molecule has 0 atom stereocenters. The van der Waals surface area contributed by atoms with Gasteiger partial charge in [0, 0.05) is 18.2 Å². The van der Waals surface area contributed by atoms with E-state index in [1.807, 2.05) is 0 Å². The number of hydrogen-bond donors (Lipinski definition) is 1. The van der Waals surface area contributed by atoms with Crippen LogP contribution in [-0.2, 0) is 23.9 Å². The van der Waals surface area contributed by atoms with Crippen LogP contribution in [0.4, 0.5) is 0 Å². The van der Waals surface area contributed by atoms with E-state index in [0.717, 1.165) is 37.5 Å². The first kappa shape index (κ1) is 16.9. The van der Waals surface area contributed by atoms with Crippen molar-refractivity contribution in [2.75, 3.05) is 6.61 Å². The zero-order valence-corrected chi connectivity index (χ0v) is 10.8. The van der Waals surface area contributed by atoms with Crippen LogP contribution < -0.4 is 0 Å². The number of carbonyl (C=O) groups excluding carboxylic acids is 2. The Hall–Kier alpha value is -2.11. The molecule has 6 nitrogen and oxygen atoms in total. The maximum atomic E-state index is 10.8. The number of carboxylic acids is 1. The van der Waals surface area contributed by atoms with Gasteiger partial charge in [-0.1, -0.05) is 6.58 Å². The molecule has 1 fully saturated rings. The molecule has 0 unspecified atom stereocenters. The first-order chi connectivity index (χ1) is 8.99. The van der Waals surface area contributed by atoms with Gasteiger partial charge in [0.2, 0.25) is 0 Å². The zero-order chi connectivity index (χ0) is 14.7. The molecule has 0 aromatic rings. The quantitative estimate of drug-likeness (QED) is 0.601. The second-order valence-corrected chi connectivity index (χ2v) is 3.62. The molecule has 0 radical (unpaired) electrons. The highest BCUT2D eigenvalue weighted by atomic mass is 16.5. The van der Waals surface area contributed by atoms with Crippen molar-refractivity contribution in [1.29, 1.82) is 0 Å². The molecule has 1 N–H and O–H groups in total. The Morgan fingerprint density at radius 3 is 2.21 bits per heavy atom. The minimum absolute atomic E-state index is 0.0101. The maximum Gasteiger partial charge on any atom is 0.331 e. The lowest BCUT2D eigenvalue weighted by molar-refractivity contribution is -0.147. The Morgan fingerprint density at radius 2 is 1.89 bits per heavy atom.